The van der Waals surface area contributed by atoms with E-state index in [2.05, 4.69) is 27.5 Å². The Morgan fingerprint density at radius 1 is 1.00 bits per heavy atom. The van der Waals surface area contributed by atoms with Gasteiger partial charge in [0.1, 0.15) is 0 Å². The second kappa shape index (κ2) is 16.0. The standard InChI is InChI=1S/C20H40NO2.ClH/c1-6-9-10-11-12-13-14-15-16-17-18-21(5,8-3)19(4)23-20(22)7-2;/h7,19H,2,6,8-18H2,1,3-5H3;1H/q+1;/p-1. The van der Waals surface area contributed by atoms with Crippen molar-refractivity contribution in [2.24, 2.45) is 0 Å². The predicted molar refractivity (Wildman–Crippen MR) is 99.2 cm³/mol. The molecule has 0 bridgehead atoms. The monoisotopic (exact) mass is 361 g/mol. The van der Waals surface area contributed by atoms with E-state index >= 15 is 0 Å². The molecule has 0 aromatic heterocycles. The van der Waals surface area contributed by atoms with Gasteiger partial charge in [-0.2, -0.15) is 0 Å². The van der Waals surface area contributed by atoms with E-state index in [0.29, 0.717) is 0 Å². The Bertz CT molecular complexity index is 323. The number of unbranched alkanes of at least 4 members (excludes halogenated alkanes) is 9. The number of carbonyl (C=O) groups excluding carboxylic acids is 1. The normalized spacial score (nSPS) is 14.3. The summed E-state index contributed by atoms with van der Waals surface area (Å²) in [4.78, 5) is 11.4. The van der Waals surface area contributed by atoms with Gasteiger partial charge in [-0.05, 0) is 19.8 Å². The molecule has 0 saturated carbocycles. The van der Waals surface area contributed by atoms with Gasteiger partial charge in [0.2, 0.25) is 6.23 Å². The highest BCUT2D eigenvalue weighted by atomic mass is 35.5. The number of halogens is 1. The molecule has 0 spiro atoms. The second-order valence-corrected chi connectivity index (χ2v) is 6.94. The highest BCUT2D eigenvalue weighted by molar-refractivity contribution is 5.81. The number of hydrogen-bond donors (Lipinski definition) is 0. The van der Waals surface area contributed by atoms with Crippen molar-refractivity contribution in [3.63, 3.8) is 0 Å². The van der Waals surface area contributed by atoms with Crippen LogP contribution in [0.15, 0.2) is 12.7 Å². The Morgan fingerprint density at radius 2 is 1.46 bits per heavy atom. The highest BCUT2D eigenvalue weighted by Crippen LogP contribution is 2.16. The summed E-state index contributed by atoms with van der Waals surface area (Å²) in [5.41, 5.74) is 0. The fourth-order valence-corrected chi connectivity index (χ4v) is 2.90. The quantitative estimate of drug-likeness (QED) is 0.147. The molecule has 0 radical (unpaired) electrons. The van der Waals surface area contributed by atoms with Crippen LogP contribution in [-0.4, -0.2) is 36.8 Å². The Balaban J connectivity index is 0. The smallest absolute Gasteiger partial charge is 0.334 e. The number of carbonyl (C=O) groups is 1. The minimum Gasteiger partial charge on any atom is -1.00 e. The third-order valence-corrected chi connectivity index (χ3v) is 5.08. The van der Waals surface area contributed by atoms with Crippen LogP contribution < -0.4 is 12.4 Å². The Morgan fingerprint density at radius 3 is 1.88 bits per heavy atom. The van der Waals surface area contributed by atoms with E-state index in [9.17, 15) is 4.79 Å². The van der Waals surface area contributed by atoms with Crippen LogP contribution in [0.25, 0.3) is 0 Å². The molecule has 0 aromatic carbocycles. The molecule has 4 heteroatoms. The van der Waals surface area contributed by atoms with Crippen molar-refractivity contribution in [1.82, 2.24) is 0 Å². The lowest BCUT2D eigenvalue weighted by atomic mass is 10.1. The summed E-state index contributed by atoms with van der Waals surface area (Å²) >= 11 is 0. The van der Waals surface area contributed by atoms with Crippen LogP contribution in [0.4, 0.5) is 0 Å². The summed E-state index contributed by atoms with van der Waals surface area (Å²) in [6.45, 7) is 11.9. The molecule has 0 aliphatic rings. The lowest BCUT2D eigenvalue weighted by molar-refractivity contribution is -0.948. The lowest BCUT2D eigenvalue weighted by Crippen LogP contribution is -3.00. The van der Waals surface area contributed by atoms with Crippen LogP contribution in [0, 0.1) is 0 Å². The van der Waals surface area contributed by atoms with Gasteiger partial charge in [-0.1, -0.05) is 64.9 Å². The topological polar surface area (TPSA) is 26.3 Å². The Kier molecular flexibility index (Phi) is 17.1. The van der Waals surface area contributed by atoms with Gasteiger partial charge in [0.05, 0.1) is 20.1 Å². The first-order chi connectivity index (χ1) is 11.0. The van der Waals surface area contributed by atoms with Gasteiger partial charge in [-0.3, -0.25) is 4.48 Å². The average molecular weight is 362 g/mol. The molecular weight excluding hydrogens is 322 g/mol. The molecule has 0 aromatic rings. The van der Waals surface area contributed by atoms with Crippen molar-refractivity contribution in [3.05, 3.63) is 12.7 Å². The van der Waals surface area contributed by atoms with E-state index in [1.54, 1.807) is 0 Å². The number of hydrogen-bond acceptors (Lipinski definition) is 2. The highest BCUT2D eigenvalue weighted by Gasteiger charge is 2.29. The van der Waals surface area contributed by atoms with E-state index in [4.69, 9.17) is 4.74 Å². The van der Waals surface area contributed by atoms with E-state index < -0.39 is 0 Å². The first kappa shape index (κ1) is 25.7. The van der Waals surface area contributed by atoms with E-state index in [0.717, 1.165) is 17.6 Å². The van der Waals surface area contributed by atoms with Crippen LogP contribution in [-0.2, 0) is 9.53 Å². The number of rotatable bonds is 15. The van der Waals surface area contributed by atoms with Gasteiger partial charge in [-0.15, -0.1) is 0 Å². The Labute approximate surface area is 156 Å². The van der Waals surface area contributed by atoms with Crippen molar-refractivity contribution in [2.75, 3.05) is 20.1 Å². The van der Waals surface area contributed by atoms with Crippen LogP contribution in [0.5, 0.6) is 0 Å². The van der Waals surface area contributed by atoms with E-state index in [1.165, 1.54) is 70.3 Å². The minimum absolute atomic E-state index is 0. The summed E-state index contributed by atoms with van der Waals surface area (Å²) in [7, 11) is 2.18. The van der Waals surface area contributed by atoms with Gasteiger partial charge in [-0.25, -0.2) is 4.79 Å². The molecule has 0 N–H and O–H groups in total. The predicted octanol–water partition coefficient (Wildman–Crippen LogP) is 2.45. The maximum Gasteiger partial charge on any atom is 0.334 e. The SMILES string of the molecule is C=CC(=O)OC(C)[N+](C)(CC)CCCCCCCCCCCC.[Cl-]. The molecule has 2 atom stereocenters. The first-order valence-corrected chi connectivity index (χ1v) is 9.67. The van der Waals surface area contributed by atoms with E-state index in [1.807, 2.05) is 6.92 Å². The van der Waals surface area contributed by atoms with Gasteiger partial charge in [0, 0.05) is 13.0 Å². The van der Waals surface area contributed by atoms with Crippen molar-refractivity contribution >= 4 is 5.97 Å². The van der Waals surface area contributed by atoms with Crippen molar-refractivity contribution < 1.29 is 26.4 Å². The van der Waals surface area contributed by atoms with Gasteiger partial charge in [0.25, 0.3) is 0 Å². The zero-order valence-electron chi connectivity index (χ0n) is 16.5. The number of esters is 1. The van der Waals surface area contributed by atoms with Crippen molar-refractivity contribution in [3.8, 4) is 0 Å². The summed E-state index contributed by atoms with van der Waals surface area (Å²) in [5.74, 6) is -0.321. The van der Waals surface area contributed by atoms with E-state index in [-0.39, 0.29) is 24.6 Å². The molecule has 0 heterocycles. The zero-order chi connectivity index (χ0) is 17.6. The molecule has 0 rings (SSSR count). The average Bonchev–Trinajstić information content (AvgIpc) is 2.56. The van der Waals surface area contributed by atoms with Gasteiger partial charge >= 0.3 is 5.97 Å². The van der Waals surface area contributed by atoms with Crippen molar-refractivity contribution in [1.29, 1.82) is 0 Å². The maximum absolute atomic E-state index is 11.4. The molecule has 0 aliphatic heterocycles. The van der Waals surface area contributed by atoms with Crippen molar-refractivity contribution in [2.45, 2.75) is 91.2 Å². The second-order valence-electron chi connectivity index (χ2n) is 6.94. The van der Waals surface area contributed by atoms with Crippen LogP contribution >= 0.6 is 0 Å². The van der Waals surface area contributed by atoms with Crippen LogP contribution in [0.3, 0.4) is 0 Å². The summed E-state index contributed by atoms with van der Waals surface area (Å²) in [6, 6.07) is 0. The van der Waals surface area contributed by atoms with Gasteiger partial charge in [0.15, 0.2) is 0 Å². The fraction of sp³-hybridized carbons (Fsp3) is 0.850. The molecule has 3 nitrogen and oxygen atoms in total. The van der Waals surface area contributed by atoms with Gasteiger partial charge < -0.3 is 17.1 Å². The third kappa shape index (κ3) is 11.9. The molecule has 24 heavy (non-hydrogen) atoms. The van der Waals surface area contributed by atoms with Crippen LogP contribution in [0.1, 0.15) is 85.0 Å². The third-order valence-electron chi connectivity index (χ3n) is 5.08. The molecule has 0 amide bonds. The molecule has 0 saturated heterocycles. The number of ether oxygens (including phenoxy) is 1. The summed E-state index contributed by atoms with van der Waals surface area (Å²) in [6.07, 6.45) is 14.6. The molecule has 144 valence electrons. The fourth-order valence-electron chi connectivity index (χ4n) is 2.90. The zero-order valence-corrected chi connectivity index (χ0v) is 17.2. The largest absolute Gasteiger partial charge is 1.00 e. The lowest BCUT2D eigenvalue weighted by Gasteiger charge is -2.38. The molecule has 0 aliphatic carbocycles. The molecule has 0 fully saturated rings. The summed E-state index contributed by atoms with van der Waals surface area (Å²) in [5, 5.41) is 0. The van der Waals surface area contributed by atoms with Crippen LogP contribution in [0.2, 0.25) is 0 Å². The minimum atomic E-state index is -0.321. The maximum atomic E-state index is 11.4. The Hall–Kier alpha value is -0.540. The molecule has 2 unspecified atom stereocenters. The summed E-state index contributed by atoms with van der Waals surface area (Å²) < 4.78 is 6.20. The first-order valence-electron chi connectivity index (χ1n) is 9.67. The number of quaternary nitrogens is 1. The molecular formula is C20H40ClNO2. The number of nitrogens with zero attached hydrogens (tertiary/aromatic N) is 1.